The van der Waals surface area contributed by atoms with Crippen LogP contribution in [0.4, 0.5) is 0 Å². The minimum absolute atomic E-state index is 0.0567. The highest BCUT2D eigenvalue weighted by atomic mass is 79.9. The summed E-state index contributed by atoms with van der Waals surface area (Å²) in [5.74, 6) is 0.0567. The highest BCUT2D eigenvalue weighted by molar-refractivity contribution is 9.10. The van der Waals surface area contributed by atoms with Gasteiger partial charge < -0.3 is 0 Å². The quantitative estimate of drug-likeness (QED) is 0.488. The van der Waals surface area contributed by atoms with Gasteiger partial charge in [0, 0.05) is 15.6 Å². The fourth-order valence-electron chi connectivity index (χ4n) is 2.01. The van der Waals surface area contributed by atoms with E-state index in [1.54, 1.807) is 23.5 Å². The Morgan fingerprint density at radius 3 is 2.05 bits per heavy atom. The summed E-state index contributed by atoms with van der Waals surface area (Å²) in [6.45, 7) is 0. The van der Waals surface area contributed by atoms with E-state index in [4.69, 9.17) is 0 Å². The zero-order valence-corrected chi connectivity index (χ0v) is 15.0. The lowest BCUT2D eigenvalue weighted by molar-refractivity contribution is 0.105. The SMILES string of the molecule is CSC(SC)=C(C(=O)c1ccccc1)c1ccccc1Br. The number of benzene rings is 2. The van der Waals surface area contributed by atoms with E-state index in [9.17, 15) is 4.79 Å². The van der Waals surface area contributed by atoms with Gasteiger partial charge in [-0.05, 0) is 18.6 Å². The van der Waals surface area contributed by atoms with Gasteiger partial charge >= 0.3 is 0 Å². The number of hydrogen-bond donors (Lipinski definition) is 0. The van der Waals surface area contributed by atoms with Crippen LogP contribution in [-0.2, 0) is 0 Å². The Morgan fingerprint density at radius 1 is 0.905 bits per heavy atom. The molecular formula is C17H15BrOS2. The maximum Gasteiger partial charge on any atom is 0.195 e. The predicted octanol–water partition coefficient (Wildman–Crippen LogP) is 5.73. The first kappa shape index (κ1) is 16.4. The van der Waals surface area contributed by atoms with E-state index in [-0.39, 0.29) is 5.78 Å². The number of ketones is 1. The van der Waals surface area contributed by atoms with Crippen molar-refractivity contribution in [3.05, 3.63) is 74.4 Å². The van der Waals surface area contributed by atoms with Crippen molar-refractivity contribution in [1.82, 2.24) is 0 Å². The molecule has 0 aliphatic rings. The van der Waals surface area contributed by atoms with Crippen LogP contribution in [-0.4, -0.2) is 18.3 Å². The minimum Gasteiger partial charge on any atom is -0.289 e. The Bertz CT molecular complexity index is 660. The van der Waals surface area contributed by atoms with Crippen LogP contribution in [0.25, 0.3) is 5.57 Å². The first-order valence-corrected chi connectivity index (χ1v) is 9.60. The molecule has 2 rings (SSSR count). The van der Waals surface area contributed by atoms with Crippen molar-refractivity contribution >= 4 is 50.8 Å². The fraction of sp³-hybridized carbons (Fsp3) is 0.118. The Labute approximate surface area is 142 Å². The van der Waals surface area contributed by atoms with Crippen molar-refractivity contribution in [3.63, 3.8) is 0 Å². The molecule has 0 radical (unpaired) electrons. The molecule has 0 heterocycles. The Hall–Kier alpha value is -0.970. The van der Waals surface area contributed by atoms with Gasteiger partial charge in [-0.25, -0.2) is 0 Å². The molecule has 0 atom stereocenters. The smallest absolute Gasteiger partial charge is 0.195 e. The van der Waals surface area contributed by atoms with Gasteiger partial charge in [0.1, 0.15) is 0 Å². The molecular weight excluding hydrogens is 364 g/mol. The van der Waals surface area contributed by atoms with Gasteiger partial charge in [-0.3, -0.25) is 4.79 Å². The number of allylic oxidation sites excluding steroid dienone is 1. The molecule has 0 saturated carbocycles. The number of Topliss-reactive ketones (excluding diaryl/α,β-unsaturated/α-hetero) is 1. The second kappa shape index (κ2) is 7.87. The van der Waals surface area contributed by atoms with Crippen LogP contribution in [0, 0.1) is 0 Å². The largest absolute Gasteiger partial charge is 0.289 e. The summed E-state index contributed by atoms with van der Waals surface area (Å²) >= 11 is 6.77. The van der Waals surface area contributed by atoms with Crippen molar-refractivity contribution in [2.45, 2.75) is 0 Å². The molecule has 1 nitrogen and oxygen atoms in total. The normalized spacial score (nSPS) is 10.2. The monoisotopic (exact) mass is 378 g/mol. The summed E-state index contributed by atoms with van der Waals surface area (Å²) in [6, 6.07) is 17.3. The van der Waals surface area contributed by atoms with Crippen molar-refractivity contribution < 1.29 is 4.79 Å². The molecule has 0 amide bonds. The van der Waals surface area contributed by atoms with E-state index in [1.807, 2.05) is 67.1 Å². The molecule has 0 bridgehead atoms. The van der Waals surface area contributed by atoms with Crippen LogP contribution >= 0.6 is 39.5 Å². The molecule has 0 fully saturated rings. The van der Waals surface area contributed by atoms with Crippen LogP contribution in [0.15, 0.2) is 63.3 Å². The molecule has 21 heavy (non-hydrogen) atoms. The van der Waals surface area contributed by atoms with E-state index < -0.39 is 0 Å². The average molecular weight is 379 g/mol. The molecule has 2 aromatic rings. The van der Waals surface area contributed by atoms with Gasteiger partial charge in [-0.15, -0.1) is 23.5 Å². The summed E-state index contributed by atoms with van der Waals surface area (Å²) < 4.78 is 1.96. The Kier molecular flexibility index (Phi) is 6.15. The topological polar surface area (TPSA) is 17.1 Å². The molecule has 0 spiro atoms. The van der Waals surface area contributed by atoms with Gasteiger partial charge in [0.05, 0.1) is 9.81 Å². The zero-order chi connectivity index (χ0) is 15.2. The van der Waals surface area contributed by atoms with E-state index in [0.29, 0.717) is 5.56 Å². The van der Waals surface area contributed by atoms with Crippen molar-refractivity contribution in [3.8, 4) is 0 Å². The van der Waals surface area contributed by atoms with E-state index in [1.165, 1.54) is 0 Å². The van der Waals surface area contributed by atoms with Crippen molar-refractivity contribution in [2.75, 3.05) is 12.5 Å². The van der Waals surface area contributed by atoms with Gasteiger partial charge in [-0.1, -0.05) is 64.5 Å². The van der Waals surface area contributed by atoms with Gasteiger partial charge in [0.15, 0.2) is 5.78 Å². The molecule has 0 aromatic heterocycles. The molecule has 108 valence electrons. The third-order valence-corrected chi connectivity index (χ3v) is 5.82. The second-order valence-corrected chi connectivity index (χ2v) is 6.99. The lowest BCUT2D eigenvalue weighted by atomic mass is 9.98. The maximum atomic E-state index is 13.0. The molecule has 0 unspecified atom stereocenters. The highest BCUT2D eigenvalue weighted by Gasteiger charge is 2.20. The van der Waals surface area contributed by atoms with Gasteiger partial charge in [0.25, 0.3) is 0 Å². The van der Waals surface area contributed by atoms with Gasteiger partial charge in [0.2, 0.25) is 0 Å². The number of carbonyl (C=O) groups is 1. The fourth-order valence-corrected chi connectivity index (χ4v) is 3.97. The average Bonchev–Trinajstić information content (AvgIpc) is 2.54. The lowest BCUT2D eigenvalue weighted by Crippen LogP contribution is -2.05. The van der Waals surface area contributed by atoms with Crippen LogP contribution < -0.4 is 0 Å². The molecule has 4 heteroatoms. The van der Waals surface area contributed by atoms with Crippen LogP contribution in [0.2, 0.25) is 0 Å². The summed E-state index contributed by atoms with van der Waals surface area (Å²) in [6.07, 6.45) is 4.00. The van der Waals surface area contributed by atoms with Gasteiger partial charge in [-0.2, -0.15) is 0 Å². The summed E-state index contributed by atoms with van der Waals surface area (Å²) in [5, 5.41) is 0. The maximum absolute atomic E-state index is 13.0. The Morgan fingerprint density at radius 2 is 1.48 bits per heavy atom. The third-order valence-electron chi connectivity index (χ3n) is 2.98. The number of carbonyl (C=O) groups excluding carboxylic acids is 1. The van der Waals surface area contributed by atoms with E-state index in [0.717, 1.165) is 19.8 Å². The van der Waals surface area contributed by atoms with Crippen molar-refractivity contribution in [2.24, 2.45) is 0 Å². The standard InChI is InChI=1S/C17H15BrOS2/c1-20-17(21-2)15(13-10-6-7-11-14(13)18)16(19)12-8-4-3-5-9-12/h3-11H,1-2H3. The highest BCUT2D eigenvalue weighted by Crippen LogP contribution is 2.37. The zero-order valence-electron chi connectivity index (χ0n) is 11.8. The summed E-state index contributed by atoms with van der Waals surface area (Å²) in [5.41, 5.74) is 2.41. The summed E-state index contributed by atoms with van der Waals surface area (Å²) in [7, 11) is 0. The second-order valence-electron chi connectivity index (χ2n) is 4.25. The predicted molar refractivity (Wildman–Crippen MR) is 98.9 cm³/mol. The number of rotatable bonds is 5. The van der Waals surface area contributed by atoms with Crippen LogP contribution in [0.3, 0.4) is 0 Å². The van der Waals surface area contributed by atoms with E-state index >= 15 is 0 Å². The van der Waals surface area contributed by atoms with Crippen molar-refractivity contribution in [1.29, 1.82) is 0 Å². The van der Waals surface area contributed by atoms with E-state index in [2.05, 4.69) is 15.9 Å². The third kappa shape index (κ3) is 3.82. The number of halogens is 1. The lowest BCUT2D eigenvalue weighted by Gasteiger charge is -2.13. The first-order chi connectivity index (χ1) is 10.2. The number of hydrogen-bond acceptors (Lipinski definition) is 3. The molecule has 2 aromatic carbocycles. The van der Waals surface area contributed by atoms with Crippen LogP contribution in [0.1, 0.15) is 15.9 Å². The molecule has 0 aliphatic heterocycles. The molecule has 0 aliphatic carbocycles. The Balaban J connectivity index is 2.61. The molecule has 0 saturated heterocycles. The van der Waals surface area contributed by atoms with Crippen LogP contribution in [0.5, 0.6) is 0 Å². The first-order valence-electron chi connectivity index (χ1n) is 6.36. The molecule has 0 N–H and O–H groups in total. The number of thioether (sulfide) groups is 2. The minimum atomic E-state index is 0.0567. The summed E-state index contributed by atoms with van der Waals surface area (Å²) in [4.78, 5) is 13.0.